The van der Waals surface area contributed by atoms with E-state index in [0.717, 1.165) is 31.9 Å². The molecule has 0 saturated carbocycles. The summed E-state index contributed by atoms with van der Waals surface area (Å²) in [6.45, 7) is 11.4. The Hall–Kier alpha value is -1.57. The number of carbonyl (C=O) groups is 1. The van der Waals surface area contributed by atoms with Crippen LogP contribution < -0.4 is 10.4 Å². The van der Waals surface area contributed by atoms with Crippen molar-refractivity contribution in [3.05, 3.63) is 24.3 Å². The highest BCUT2D eigenvalue weighted by Gasteiger charge is 2.39. The molecule has 1 aromatic carbocycles. The molecule has 0 aromatic heterocycles. The van der Waals surface area contributed by atoms with Gasteiger partial charge >= 0.3 is 7.12 Å². The van der Waals surface area contributed by atoms with E-state index >= 15 is 0 Å². The molecule has 1 aliphatic heterocycles. The van der Waals surface area contributed by atoms with E-state index < -0.39 is 18.3 Å². The maximum Gasteiger partial charge on any atom is 0.491 e. The predicted octanol–water partition coefficient (Wildman–Crippen LogP) is 0.609. The van der Waals surface area contributed by atoms with E-state index in [1.807, 2.05) is 29.2 Å². The van der Waals surface area contributed by atoms with Gasteiger partial charge in [-0.2, -0.15) is 0 Å². The van der Waals surface area contributed by atoms with Crippen LogP contribution in [0.1, 0.15) is 34.6 Å². The first-order valence-corrected chi connectivity index (χ1v) is 8.70. The Morgan fingerprint density at radius 3 is 2.04 bits per heavy atom. The van der Waals surface area contributed by atoms with Crippen LogP contribution in [0.5, 0.6) is 0 Å². The molecule has 6 nitrogen and oxygen atoms in total. The van der Waals surface area contributed by atoms with Crippen molar-refractivity contribution in [3.63, 3.8) is 0 Å². The quantitative estimate of drug-likeness (QED) is 0.763. The highest BCUT2D eigenvalue weighted by atomic mass is 16.5. The van der Waals surface area contributed by atoms with Gasteiger partial charge in [-0.15, -0.1) is 0 Å². The second-order valence-corrected chi connectivity index (χ2v) is 7.62. The van der Waals surface area contributed by atoms with E-state index in [9.17, 15) is 14.9 Å². The van der Waals surface area contributed by atoms with Crippen molar-refractivity contribution < 1.29 is 19.6 Å². The molecule has 0 bridgehead atoms. The first kappa shape index (κ1) is 19.8. The molecule has 1 heterocycles. The Balaban J connectivity index is 1.99. The molecule has 2 rings (SSSR count). The minimum atomic E-state index is -1.11. The van der Waals surface area contributed by atoms with Gasteiger partial charge in [0.05, 0.1) is 11.2 Å². The van der Waals surface area contributed by atoms with E-state index in [4.69, 9.17) is 4.65 Å². The molecule has 1 amide bonds. The van der Waals surface area contributed by atoms with Crippen LogP contribution in [0.25, 0.3) is 0 Å². The van der Waals surface area contributed by atoms with Crippen LogP contribution in [-0.4, -0.2) is 65.4 Å². The Kier molecular flexibility index (Phi) is 5.81. The summed E-state index contributed by atoms with van der Waals surface area (Å²) < 4.78 is 5.66. The fourth-order valence-corrected chi connectivity index (χ4v) is 2.62. The average Bonchev–Trinajstić information content (AvgIpc) is 2.53. The maximum atomic E-state index is 11.4. The Morgan fingerprint density at radius 1 is 1.08 bits per heavy atom. The summed E-state index contributed by atoms with van der Waals surface area (Å²) in [5, 5.41) is 20.5. The fraction of sp³-hybridized carbons (Fsp3) is 0.611. The van der Waals surface area contributed by atoms with Crippen molar-refractivity contribution >= 4 is 24.2 Å². The van der Waals surface area contributed by atoms with Gasteiger partial charge in [-0.05, 0) is 45.3 Å². The predicted molar refractivity (Wildman–Crippen MR) is 100.0 cm³/mol. The van der Waals surface area contributed by atoms with E-state index in [0.29, 0.717) is 5.46 Å². The summed E-state index contributed by atoms with van der Waals surface area (Å²) in [4.78, 5) is 15.5. The second kappa shape index (κ2) is 7.36. The number of benzene rings is 1. The lowest BCUT2D eigenvalue weighted by molar-refractivity contribution is -0.129. The number of anilines is 1. The molecule has 1 aromatic rings. The zero-order chi connectivity index (χ0) is 18.8. The van der Waals surface area contributed by atoms with Gasteiger partial charge in [0, 0.05) is 38.8 Å². The van der Waals surface area contributed by atoms with Crippen LogP contribution in [0.2, 0.25) is 0 Å². The van der Waals surface area contributed by atoms with Crippen LogP contribution >= 0.6 is 0 Å². The van der Waals surface area contributed by atoms with Gasteiger partial charge in [0.2, 0.25) is 5.91 Å². The maximum absolute atomic E-state index is 11.4. The van der Waals surface area contributed by atoms with Crippen molar-refractivity contribution in [1.29, 1.82) is 0 Å². The third-order valence-electron chi connectivity index (χ3n) is 5.15. The molecular weight excluding hydrogens is 319 g/mol. The van der Waals surface area contributed by atoms with Gasteiger partial charge in [-0.1, -0.05) is 12.1 Å². The molecule has 7 heteroatoms. The zero-order valence-electron chi connectivity index (χ0n) is 15.8. The van der Waals surface area contributed by atoms with E-state index in [-0.39, 0.29) is 5.91 Å². The Labute approximate surface area is 150 Å². The molecule has 0 radical (unpaired) electrons. The number of nitrogens with zero attached hydrogens (tertiary/aromatic N) is 2. The largest absolute Gasteiger partial charge is 0.491 e. The summed E-state index contributed by atoms with van der Waals surface area (Å²) in [6.07, 6.45) is 0. The summed E-state index contributed by atoms with van der Waals surface area (Å²) in [6, 6.07) is 7.56. The second-order valence-electron chi connectivity index (χ2n) is 7.62. The molecular formula is C18H29BN2O4. The van der Waals surface area contributed by atoms with Crippen molar-refractivity contribution in [3.8, 4) is 0 Å². The molecule has 0 aliphatic carbocycles. The smallest absolute Gasteiger partial charge is 0.423 e. The van der Waals surface area contributed by atoms with Crippen LogP contribution in [0, 0.1) is 0 Å². The summed E-state index contributed by atoms with van der Waals surface area (Å²) in [7, 11) is -1.11. The van der Waals surface area contributed by atoms with Crippen LogP contribution in [0.4, 0.5) is 5.69 Å². The standard InChI is InChI=1S/C18H29BN2O4/c1-14(22)20-10-12-21(13-11-20)16-8-6-15(7-9-16)19(24)25-18(4,5)17(2,3)23/h6-9,23-24H,10-13H2,1-5H3. The Bertz CT molecular complexity index is 590. The fourth-order valence-electron chi connectivity index (χ4n) is 2.62. The SMILES string of the molecule is CC(=O)N1CCN(c2ccc(B(O)OC(C)(C)C(C)(C)O)cc2)CC1. The lowest BCUT2D eigenvalue weighted by atomic mass is 9.76. The molecule has 0 unspecified atom stereocenters. The highest BCUT2D eigenvalue weighted by molar-refractivity contribution is 6.60. The van der Waals surface area contributed by atoms with Crippen molar-refractivity contribution in [2.24, 2.45) is 0 Å². The van der Waals surface area contributed by atoms with E-state index in [1.165, 1.54) is 0 Å². The minimum absolute atomic E-state index is 0.115. The monoisotopic (exact) mass is 348 g/mol. The summed E-state index contributed by atoms with van der Waals surface area (Å²) >= 11 is 0. The van der Waals surface area contributed by atoms with E-state index in [2.05, 4.69) is 4.90 Å². The van der Waals surface area contributed by atoms with Gasteiger partial charge in [0.15, 0.2) is 0 Å². The normalized spacial score (nSPS) is 16.1. The number of aliphatic hydroxyl groups is 1. The highest BCUT2D eigenvalue weighted by Crippen LogP contribution is 2.25. The Morgan fingerprint density at radius 2 is 1.60 bits per heavy atom. The van der Waals surface area contributed by atoms with Crippen molar-refractivity contribution in [2.45, 2.75) is 45.8 Å². The van der Waals surface area contributed by atoms with Gasteiger partial charge < -0.3 is 24.6 Å². The molecule has 1 aliphatic rings. The number of hydrogen-bond acceptors (Lipinski definition) is 5. The number of rotatable bonds is 5. The third-order valence-corrected chi connectivity index (χ3v) is 5.15. The number of amides is 1. The minimum Gasteiger partial charge on any atom is -0.423 e. The van der Waals surface area contributed by atoms with Crippen LogP contribution in [-0.2, 0) is 9.45 Å². The van der Waals surface area contributed by atoms with Crippen LogP contribution in [0.3, 0.4) is 0 Å². The molecule has 25 heavy (non-hydrogen) atoms. The topological polar surface area (TPSA) is 73.2 Å². The van der Waals surface area contributed by atoms with Crippen molar-refractivity contribution in [2.75, 3.05) is 31.1 Å². The number of hydrogen-bond donors (Lipinski definition) is 2. The summed E-state index contributed by atoms with van der Waals surface area (Å²) in [5.41, 5.74) is -0.275. The first-order chi connectivity index (χ1) is 11.5. The van der Waals surface area contributed by atoms with E-state index in [1.54, 1.807) is 34.6 Å². The molecule has 2 N–H and O–H groups in total. The molecule has 1 fully saturated rings. The van der Waals surface area contributed by atoms with Gasteiger partial charge in [-0.25, -0.2) is 0 Å². The summed E-state index contributed by atoms with van der Waals surface area (Å²) in [5.74, 6) is 0.115. The zero-order valence-corrected chi connectivity index (χ0v) is 15.8. The van der Waals surface area contributed by atoms with Crippen molar-refractivity contribution in [1.82, 2.24) is 4.90 Å². The lowest BCUT2D eigenvalue weighted by Crippen LogP contribution is -2.53. The number of carbonyl (C=O) groups excluding carboxylic acids is 1. The van der Waals surface area contributed by atoms with Gasteiger partial charge in [-0.3, -0.25) is 4.79 Å². The molecule has 0 spiro atoms. The first-order valence-electron chi connectivity index (χ1n) is 8.70. The molecule has 1 saturated heterocycles. The average molecular weight is 348 g/mol. The van der Waals surface area contributed by atoms with Gasteiger partial charge in [0.25, 0.3) is 0 Å². The third kappa shape index (κ3) is 4.74. The number of piperazine rings is 1. The van der Waals surface area contributed by atoms with Gasteiger partial charge in [0.1, 0.15) is 0 Å². The molecule has 0 atom stereocenters. The van der Waals surface area contributed by atoms with Crippen LogP contribution in [0.15, 0.2) is 24.3 Å². The lowest BCUT2D eigenvalue weighted by Gasteiger charge is -2.38. The molecule has 138 valence electrons.